The standard InChI is InChI=1S/C18H22N4O2/c1-21-17-15(8-20-21)9-22(18(23)14-4-6-19-7-5-14)10-16(17)12-24-11-13-2-3-13/h4-8,13,16H,2-3,9-12H2,1H3/t16-/m1/s1. The molecule has 1 aliphatic carbocycles. The van der Waals surface area contributed by atoms with Crippen molar-refractivity contribution in [3.05, 3.63) is 47.5 Å². The molecule has 1 atom stereocenters. The molecule has 24 heavy (non-hydrogen) atoms. The number of amides is 1. The van der Waals surface area contributed by atoms with Crippen molar-refractivity contribution in [2.75, 3.05) is 19.8 Å². The second-order valence-electron chi connectivity index (χ2n) is 6.78. The summed E-state index contributed by atoms with van der Waals surface area (Å²) in [6, 6.07) is 3.53. The highest BCUT2D eigenvalue weighted by Crippen LogP contribution is 2.32. The zero-order chi connectivity index (χ0) is 16.5. The van der Waals surface area contributed by atoms with Crippen LogP contribution in [0.2, 0.25) is 0 Å². The third-order valence-electron chi connectivity index (χ3n) is 4.84. The fraction of sp³-hybridized carbons (Fsp3) is 0.500. The molecule has 6 nitrogen and oxygen atoms in total. The normalized spacial score (nSPS) is 20.0. The predicted molar refractivity (Wildman–Crippen MR) is 88.5 cm³/mol. The molecule has 0 spiro atoms. The monoisotopic (exact) mass is 326 g/mol. The smallest absolute Gasteiger partial charge is 0.254 e. The maximum absolute atomic E-state index is 12.8. The van der Waals surface area contributed by atoms with E-state index in [1.807, 2.05) is 22.8 Å². The molecule has 6 heteroatoms. The van der Waals surface area contributed by atoms with Crippen LogP contribution in [-0.2, 0) is 18.3 Å². The molecule has 0 bridgehead atoms. The number of carbonyl (C=O) groups is 1. The zero-order valence-electron chi connectivity index (χ0n) is 13.9. The second-order valence-corrected chi connectivity index (χ2v) is 6.78. The molecule has 0 unspecified atom stereocenters. The van der Waals surface area contributed by atoms with Crippen molar-refractivity contribution in [3.8, 4) is 0 Å². The van der Waals surface area contributed by atoms with Gasteiger partial charge in [-0.05, 0) is 30.9 Å². The van der Waals surface area contributed by atoms with Crippen LogP contribution in [0.3, 0.4) is 0 Å². The molecule has 1 fully saturated rings. The van der Waals surface area contributed by atoms with E-state index < -0.39 is 0 Å². The van der Waals surface area contributed by atoms with E-state index in [0.717, 1.165) is 18.1 Å². The number of fused-ring (bicyclic) bond motifs is 1. The summed E-state index contributed by atoms with van der Waals surface area (Å²) in [5, 5.41) is 4.38. The van der Waals surface area contributed by atoms with Gasteiger partial charge < -0.3 is 9.64 Å². The lowest BCUT2D eigenvalue weighted by Gasteiger charge is -2.33. The van der Waals surface area contributed by atoms with Crippen LogP contribution < -0.4 is 0 Å². The Morgan fingerprint density at radius 1 is 1.29 bits per heavy atom. The maximum atomic E-state index is 12.8. The zero-order valence-corrected chi connectivity index (χ0v) is 13.9. The van der Waals surface area contributed by atoms with Crippen molar-refractivity contribution in [1.29, 1.82) is 0 Å². The molecule has 4 rings (SSSR count). The number of hydrogen-bond acceptors (Lipinski definition) is 4. The molecule has 2 aromatic rings. The summed E-state index contributed by atoms with van der Waals surface area (Å²) in [7, 11) is 1.97. The molecule has 126 valence electrons. The molecule has 1 amide bonds. The Balaban J connectivity index is 1.52. The van der Waals surface area contributed by atoms with Crippen LogP contribution in [0.4, 0.5) is 0 Å². The van der Waals surface area contributed by atoms with E-state index in [1.54, 1.807) is 24.5 Å². The number of carbonyl (C=O) groups excluding carboxylic acids is 1. The van der Waals surface area contributed by atoms with Crippen molar-refractivity contribution in [1.82, 2.24) is 19.7 Å². The Hall–Kier alpha value is -2.21. The van der Waals surface area contributed by atoms with E-state index in [1.165, 1.54) is 18.5 Å². The number of pyridine rings is 1. The number of aryl methyl sites for hydroxylation is 1. The van der Waals surface area contributed by atoms with Crippen LogP contribution in [-0.4, -0.2) is 45.3 Å². The van der Waals surface area contributed by atoms with E-state index in [4.69, 9.17) is 4.74 Å². The molecule has 0 saturated heterocycles. The Morgan fingerprint density at radius 2 is 2.08 bits per heavy atom. The molecular formula is C18H22N4O2. The summed E-state index contributed by atoms with van der Waals surface area (Å²) in [5.41, 5.74) is 2.99. The minimum absolute atomic E-state index is 0.0408. The van der Waals surface area contributed by atoms with Gasteiger partial charge in [-0.2, -0.15) is 5.10 Å². The molecule has 0 N–H and O–H groups in total. The predicted octanol–water partition coefficient (Wildman–Crippen LogP) is 1.98. The largest absolute Gasteiger partial charge is 0.380 e. The van der Waals surface area contributed by atoms with Crippen molar-refractivity contribution in [2.24, 2.45) is 13.0 Å². The topological polar surface area (TPSA) is 60.2 Å². The Kier molecular flexibility index (Phi) is 4.06. The van der Waals surface area contributed by atoms with Crippen molar-refractivity contribution in [3.63, 3.8) is 0 Å². The molecular weight excluding hydrogens is 304 g/mol. The first kappa shape index (κ1) is 15.3. The summed E-state index contributed by atoms with van der Waals surface area (Å²) in [5.74, 6) is 0.957. The molecule has 0 aromatic carbocycles. The molecule has 3 heterocycles. The highest BCUT2D eigenvalue weighted by molar-refractivity contribution is 5.94. The summed E-state index contributed by atoms with van der Waals surface area (Å²) in [6.45, 7) is 2.74. The van der Waals surface area contributed by atoms with Crippen LogP contribution in [0.5, 0.6) is 0 Å². The molecule has 2 aliphatic rings. The van der Waals surface area contributed by atoms with Gasteiger partial charge in [-0.1, -0.05) is 0 Å². The number of hydrogen-bond donors (Lipinski definition) is 0. The van der Waals surface area contributed by atoms with Crippen LogP contribution in [0.15, 0.2) is 30.7 Å². The van der Waals surface area contributed by atoms with E-state index in [2.05, 4.69) is 10.1 Å². The lowest BCUT2D eigenvalue weighted by atomic mass is 9.96. The Labute approximate surface area is 141 Å². The van der Waals surface area contributed by atoms with Gasteiger partial charge in [0.25, 0.3) is 5.91 Å². The van der Waals surface area contributed by atoms with Crippen LogP contribution >= 0.6 is 0 Å². The van der Waals surface area contributed by atoms with Crippen molar-refractivity contribution >= 4 is 5.91 Å². The van der Waals surface area contributed by atoms with Gasteiger partial charge in [-0.25, -0.2) is 0 Å². The molecule has 1 aliphatic heterocycles. The highest BCUT2D eigenvalue weighted by Gasteiger charge is 2.32. The summed E-state index contributed by atoms with van der Waals surface area (Å²) in [4.78, 5) is 18.7. The van der Waals surface area contributed by atoms with E-state index in [-0.39, 0.29) is 11.8 Å². The SMILES string of the molecule is Cn1ncc2c1[C@@H](COCC1CC1)CN(C(=O)c1ccncc1)C2. The van der Waals surface area contributed by atoms with Gasteiger partial charge in [0.1, 0.15) is 0 Å². The minimum Gasteiger partial charge on any atom is -0.380 e. The first-order valence-corrected chi connectivity index (χ1v) is 8.50. The number of aromatic nitrogens is 3. The highest BCUT2D eigenvalue weighted by atomic mass is 16.5. The lowest BCUT2D eigenvalue weighted by Crippen LogP contribution is -2.40. The number of rotatable bonds is 5. The van der Waals surface area contributed by atoms with Crippen molar-refractivity contribution < 1.29 is 9.53 Å². The van der Waals surface area contributed by atoms with Crippen molar-refractivity contribution in [2.45, 2.75) is 25.3 Å². The first-order chi connectivity index (χ1) is 11.7. The first-order valence-electron chi connectivity index (χ1n) is 8.50. The molecule has 1 saturated carbocycles. The Bertz CT molecular complexity index is 724. The average molecular weight is 326 g/mol. The number of nitrogens with zero attached hydrogens (tertiary/aromatic N) is 4. The van der Waals surface area contributed by atoms with Crippen LogP contribution in [0.1, 0.15) is 40.4 Å². The lowest BCUT2D eigenvalue weighted by molar-refractivity contribution is 0.0621. The fourth-order valence-electron chi connectivity index (χ4n) is 3.39. The van der Waals surface area contributed by atoms with E-state index >= 15 is 0 Å². The van der Waals surface area contributed by atoms with Crippen LogP contribution in [0.25, 0.3) is 0 Å². The maximum Gasteiger partial charge on any atom is 0.254 e. The summed E-state index contributed by atoms with van der Waals surface area (Å²) in [6.07, 6.45) is 7.75. The average Bonchev–Trinajstić information content (AvgIpc) is 3.36. The Morgan fingerprint density at radius 3 is 2.83 bits per heavy atom. The van der Waals surface area contributed by atoms with Gasteiger partial charge in [0.05, 0.1) is 18.5 Å². The van der Waals surface area contributed by atoms with Crippen LogP contribution in [0, 0.1) is 5.92 Å². The fourth-order valence-corrected chi connectivity index (χ4v) is 3.39. The molecule has 0 radical (unpaired) electrons. The third-order valence-corrected chi connectivity index (χ3v) is 4.84. The second kappa shape index (κ2) is 6.36. The van der Waals surface area contributed by atoms with Gasteiger partial charge >= 0.3 is 0 Å². The third kappa shape index (κ3) is 3.06. The van der Waals surface area contributed by atoms with Gasteiger partial charge in [0.2, 0.25) is 0 Å². The summed E-state index contributed by atoms with van der Waals surface area (Å²) >= 11 is 0. The van der Waals surface area contributed by atoms with Gasteiger partial charge in [-0.15, -0.1) is 0 Å². The van der Waals surface area contributed by atoms with Gasteiger partial charge in [-0.3, -0.25) is 14.5 Å². The van der Waals surface area contributed by atoms with E-state index in [0.29, 0.717) is 25.3 Å². The quantitative estimate of drug-likeness (QED) is 0.843. The van der Waals surface area contributed by atoms with E-state index in [9.17, 15) is 4.79 Å². The number of ether oxygens (including phenoxy) is 1. The van der Waals surface area contributed by atoms with Gasteiger partial charge in [0.15, 0.2) is 0 Å². The minimum atomic E-state index is 0.0408. The summed E-state index contributed by atoms with van der Waals surface area (Å²) < 4.78 is 7.85. The molecule has 2 aromatic heterocycles. The van der Waals surface area contributed by atoms with Gasteiger partial charge in [0, 0.05) is 56.2 Å².